The van der Waals surface area contributed by atoms with Gasteiger partial charge in [-0.05, 0) is 36.2 Å². The Labute approximate surface area is 133 Å². The van der Waals surface area contributed by atoms with Crippen molar-refractivity contribution in [3.8, 4) is 5.69 Å². The second kappa shape index (κ2) is 6.36. The van der Waals surface area contributed by atoms with Crippen molar-refractivity contribution in [2.45, 2.75) is 13.3 Å². The van der Waals surface area contributed by atoms with Crippen LogP contribution in [0.1, 0.15) is 13.3 Å². The molecule has 1 saturated heterocycles. The molecule has 3 rings (SSSR count). The average molecular weight is 315 g/mol. The Hall–Kier alpha value is -2.08. The summed E-state index contributed by atoms with van der Waals surface area (Å²) in [5.41, 5.74) is 1.86. The van der Waals surface area contributed by atoms with Crippen LogP contribution in [0.5, 0.6) is 0 Å². The Bertz CT molecular complexity index is 667. The molecule has 1 fully saturated rings. The highest BCUT2D eigenvalue weighted by Crippen LogP contribution is 2.28. The third-order valence-electron chi connectivity index (χ3n) is 3.66. The third kappa shape index (κ3) is 3.22. The van der Waals surface area contributed by atoms with Gasteiger partial charge in [0.1, 0.15) is 0 Å². The number of anilines is 1. The van der Waals surface area contributed by atoms with Crippen molar-refractivity contribution in [1.82, 2.24) is 9.78 Å². The molecule has 0 N–H and O–H groups in total. The SMILES string of the molecule is CC(=O)SCC1CC(=O)N(c2ccc(-n3cccn3)cc2)C1. The molecule has 0 saturated carbocycles. The van der Waals surface area contributed by atoms with E-state index in [1.165, 1.54) is 11.8 Å². The molecule has 1 unspecified atom stereocenters. The minimum absolute atomic E-state index is 0.106. The molecule has 0 bridgehead atoms. The molecule has 1 aliphatic rings. The monoisotopic (exact) mass is 315 g/mol. The molecule has 6 heteroatoms. The van der Waals surface area contributed by atoms with Crippen molar-refractivity contribution in [1.29, 1.82) is 0 Å². The Morgan fingerprint density at radius 1 is 1.32 bits per heavy atom. The molecule has 2 heterocycles. The summed E-state index contributed by atoms with van der Waals surface area (Å²) in [6.07, 6.45) is 4.13. The summed E-state index contributed by atoms with van der Waals surface area (Å²) in [6, 6.07) is 9.65. The number of nitrogens with zero attached hydrogens (tertiary/aromatic N) is 3. The Balaban J connectivity index is 1.69. The first kappa shape index (κ1) is 14.8. The van der Waals surface area contributed by atoms with E-state index in [0.717, 1.165) is 11.4 Å². The molecule has 1 amide bonds. The highest BCUT2D eigenvalue weighted by Gasteiger charge is 2.30. The van der Waals surface area contributed by atoms with Gasteiger partial charge in [0.05, 0.1) is 5.69 Å². The molecule has 5 nitrogen and oxygen atoms in total. The largest absolute Gasteiger partial charge is 0.312 e. The van der Waals surface area contributed by atoms with Crippen molar-refractivity contribution < 1.29 is 9.59 Å². The summed E-state index contributed by atoms with van der Waals surface area (Å²) in [4.78, 5) is 25.0. The van der Waals surface area contributed by atoms with E-state index in [4.69, 9.17) is 0 Å². The molecule has 0 aliphatic carbocycles. The lowest BCUT2D eigenvalue weighted by Crippen LogP contribution is -2.24. The molecule has 2 aromatic rings. The predicted octanol–water partition coefficient (Wildman–Crippen LogP) is 2.50. The fourth-order valence-electron chi connectivity index (χ4n) is 2.58. The molecular formula is C16H17N3O2S. The topological polar surface area (TPSA) is 55.2 Å². The highest BCUT2D eigenvalue weighted by atomic mass is 32.2. The summed E-state index contributed by atoms with van der Waals surface area (Å²) in [6.45, 7) is 2.24. The van der Waals surface area contributed by atoms with Crippen molar-refractivity contribution in [3.63, 3.8) is 0 Å². The number of thioether (sulfide) groups is 1. The van der Waals surface area contributed by atoms with Crippen LogP contribution in [0.4, 0.5) is 5.69 Å². The molecule has 22 heavy (non-hydrogen) atoms. The Morgan fingerprint density at radius 3 is 2.68 bits per heavy atom. The lowest BCUT2D eigenvalue weighted by Gasteiger charge is -2.17. The minimum atomic E-state index is 0.106. The van der Waals surface area contributed by atoms with Crippen LogP contribution < -0.4 is 4.90 Å². The number of hydrogen-bond acceptors (Lipinski definition) is 4. The van der Waals surface area contributed by atoms with Crippen LogP contribution >= 0.6 is 11.8 Å². The van der Waals surface area contributed by atoms with Crippen LogP contribution in [0.15, 0.2) is 42.7 Å². The highest BCUT2D eigenvalue weighted by molar-refractivity contribution is 8.13. The quantitative estimate of drug-likeness (QED) is 0.870. The average Bonchev–Trinajstić information content (AvgIpc) is 3.15. The maximum atomic E-state index is 12.2. The zero-order valence-electron chi connectivity index (χ0n) is 12.3. The summed E-state index contributed by atoms with van der Waals surface area (Å²) < 4.78 is 1.78. The van der Waals surface area contributed by atoms with Gasteiger partial charge in [-0.1, -0.05) is 11.8 Å². The molecule has 1 aliphatic heterocycles. The maximum absolute atomic E-state index is 12.2. The second-order valence-electron chi connectivity index (χ2n) is 5.34. The fraction of sp³-hybridized carbons (Fsp3) is 0.312. The van der Waals surface area contributed by atoms with Crippen LogP contribution in [0.3, 0.4) is 0 Å². The first-order valence-corrected chi connectivity index (χ1v) is 8.16. The molecule has 1 atom stereocenters. The van der Waals surface area contributed by atoms with Gasteiger partial charge in [-0.2, -0.15) is 5.10 Å². The second-order valence-corrected chi connectivity index (χ2v) is 6.54. The Kier molecular flexibility index (Phi) is 4.29. The molecule has 114 valence electrons. The van der Waals surface area contributed by atoms with Crippen LogP contribution in [0, 0.1) is 5.92 Å². The number of rotatable bonds is 4. The van der Waals surface area contributed by atoms with Gasteiger partial charge in [0.25, 0.3) is 0 Å². The van der Waals surface area contributed by atoms with Crippen molar-refractivity contribution >= 4 is 28.5 Å². The number of benzene rings is 1. The number of carbonyl (C=O) groups is 2. The van der Waals surface area contributed by atoms with E-state index in [9.17, 15) is 9.59 Å². The van der Waals surface area contributed by atoms with E-state index >= 15 is 0 Å². The lowest BCUT2D eigenvalue weighted by atomic mass is 10.1. The van der Waals surface area contributed by atoms with Crippen molar-refractivity contribution in [3.05, 3.63) is 42.7 Å². The molecule has 0 radical (unpaired) electrons. The number of hydrogen-bond donors (Lipinski definition) is 0. The molecular weight excluding hydrogens is 298 g/mol. The zero-order valence-corrected chi connectivity index (χ0v) is 13.1. The molecule has 1 aromatic carbocycles. The van der Waals surface area contributed by atoms with E-state index in [2.05, 4.69) is 5.10 Å². The van der Waals surface area contributed by atoms with Crippen LogP contribution in [-0.2, 0) is 9.59 Å². The summed E-state index contributed by atoms with van der Waals surface area (Å²) >= 11 is 1.30. The van der Waals surface area contributed by atoms with Crippen LogP contribution in [0.2, 0.25) is 0 Å². The van der Waals surface area contributed by atoms with E-state index in [1.807, 2.05) is 36.5 Å². The first-order chi connectivity index (χ1) is 10.6. The molecule has 1 aromatic heterocycles. The standard InChI is InChI=1S/C16H17N3O2S/c1-12(20)22-11-13-9-16(21)18(10-13)14-3-5-15(6-4-14)19-8-2-7-17-19/h2-8,13H,9-11H2,1H3. The third-order valence-corrected chi connectivity index (χ3v) is 4.70. The van der Waals surface area contributed by atoms with Crippen LogP contribution in [0.25, 0.3) is 5.69 Å². The van der Waals surface area contributed by atoms with Gasteiger partial charge in [-0.3, -0.25) is 9.59 Å². The number of aromatic nitrogens is 2. The number of amides is 1. The van der Waals surface area contributed by atoms with Gasteiger partial charge >= 0.3 is 0 Å². The fourth-order valence-corrected chi connectivity index (χ4v) is 3.28. The summed E-state index contributed by atoms with van der Waals surface area (Å²) in [5.74, 6) is 1.08. The smallest absolute Gasteiger partial charge is 0.227 e. The van der Waals surface area contributed by atoms with Gasteiger partial charge < -0.3 is 4.90 Å². The number of carbonyl (C=O) groups excluding carboxylic acids is 2. The first-order valence-electron chi connectivity index (χ1n) is 7.17. The minimum Gasteiger partial charge on any atom is -0.312 e. The predicted molar refractivity (Wildman–Crippen MR) is 87.2 cm³/mol. The normalized spacial score (nSPS) is 18.0. The van der Waals surface area contributed by atoms with Gasteiger partial charge in [0.15, 0.2) is 5.12 Å². The van der Waals surface area contributed by atoms with Crippen molar-refractivity contribution in [2.24, 2.45) is 5.92 Å². The van der Waals surface area contributed by atoms with E-state index in [1.54, 1.807) is 22.7 Å². The van der Waals surface area contributed by atoms with Crippen LogP contribution in [-0.4, -0.2) is 33.1 Å². The molecule has 0 spiro atoms. The summed E-state index contributed by atoms with van der Waals surface area (Å²) in [5, 5.41) is 4.29. The zero-order chi connectivity index (χ0) is 15.5. The summed E-state index contributed by atoms with van der Waals surface area (Å²) in [7, 11) is 0. The van der Waals surface area contributed by atoms with Gasteiger partial charge in [0.2, 0.25) is 5.91 Å². The van der Waals surface area contributed by atoms with Gasteiger partial charge in [-0.15, -0.1) is 0 Å². The van der Waals surface area contributed by atoms with E-state index in [-0.39, 0.29) is 16.9 Å². The Morgan fingerprint density at radius 2 is 2.05 bits per heavy atom. The van der Waals surface area contributed by atoms with Gasteiger partial charge in [-0.25, -0.2) is 4.68 Å². The van der Waals surface area contributed by atoms with E-state index < -0.39 is 0 Å². The maximum Gasteiger partial charge on any atom is 0.227 e. The van der Waals surface area contributed by atoms with Gasteiger partial charge in [0, 0.05) is 43.7 Å². The van der Waals surface area contributed by atoms with Crippen molar-refractivity contribution in [2.75, 3.05) is 17.2 Å². The lowest BCUT2D eigenvalue weighted by molar-refractivity contribution is -0.117. The van der Waals surface area contributed by atoms with E-state index in [0.29, 0.717) is 18.7 Å².